The Morgan fingerprint density at radius 3 is 2.79 bits per heavy atom. The van der Waals surface area contributed by atoms with Crippen LogP contribution in [-0.4, -0.2) is 39.8 Å². The van der Waals surface area contributed by atoms with E-state index in [9.17, 15) is 0 Å². The minimum atomic E-state index is 0.0945. The van der Waals surface area contributed by atoms with E-state index in [1.165, 1.54) is 0 Å². The van der Waals surface area contributed by atoms with E-state index in [1.54, 1.807) is 6.08 Å². The second-order valence-electron chi connectivity index (χ2n) is 4.13. The molecule has 0 aliphatic rings. The largest absolute Gasteiger partial charge is 0.395 e. The second-order valence-corrected chi connectivity index (χ2v) is 4.13. The lowest BCUT2D eigenvalue weighted by molar-refractivity contribution is 0.199. The van der Waals surface area contributed by atoms with Gasteiger partial charge in [0.2, 0.25) is 0 Å². The maximum Gasteiger partial charge on any atom is 0.257 e. The molecule has 1 heterocycles. The van der Waals surface area contributed by atoms with E-state index in [1.807, 2.05) is 35.2 Å². The van der Waals surface area contributed by atoms with Crippen molar-refractivity contribution < 1.29 is 9.63 Å². The summed E-state index contributed by atoms with van der Waals surface area (Å²) >= 11 is 0. The fourth-order valence-corrected chi connectivity index (χ4v) is 1.78. The number of rotatable bonds is 7. The second kappa shape index (κ2) is 6.82. The van der Waals surface area contributed by atoms with Crippen LogP contribution in [0.2, 0.25) is 0 Å². The summed E-state index contributed by atoms with van der Waals surface area (Å²) in [5, 5.41) is 12.9. The molecule has 0 spiro atoms. The van der Waals surface area contributed by atoms with Gasteiger partial charge >= 0.3 is 0 Å². The molecule has 1 N–H and O–H groups in total. The van der Waals surface area contributed by atoms with Gasteiger partial charge in [0.25, 0.3) is 5.89 Å². The minimum absolute atomic E-state index is 0.0945. The molecule has 0 saturated carbocycles. The zero-order valence-electron chi connectivity index (χ0n) is 10.7. The summed E-state index contributed by atoms with van der Waals surface area (Å²) in [6.07, 6.45) is 1.79. The minimum Gasteiger partial charge on any atom is -0.395 e. The van der Waals surface area contributed by atoms with Crippen LogP contribution in [0.4, 0.5) is 0 Å². The maximum atomic E-state index is 8.98. The van der Waals surface area contributed by atoms with Crippen molar-refractivity contribution in [1.29, 1.82) is 0 Å². The number of aliphatic hydroxyl groups excluding tert-OH is 1. The Bertz CT molecular complexity index is 510. The molecule has 2 aromatic rings. The van der Waals surface area contributed by atoms with Crippen molar-refractivity contribution in [1.82, 2.24) is 15.0 Å². The van der Waals surface area contributed by atoms with Gasteiger partial charge in [-0.1, -0.05) is 29.4 Å². The lowest BCUT2D eigenvalue weighted by atomic mass is 10.2. The van der Waals surface area contributed by atoms with Crippen LogP contribution in [0, 0.1) is 0 Å². The van der Waals surface area contributed by atoms with Gasteiger partial charge in [-0.15, -0.1) is 6.58 Å². The predicted molar refractivity (Wildman–Crippen MR) is 72.3 cm³/mol. The van der Waals surface area contributed by atoms with Gasteiger partial charge in [-0.05, 0) is 12.1 Å². The molecule has 19 heavy (non-hydrogen) atoms. The SMILES string of the molecule is C=CCN(CCO)Cc1noc(-c2ccccc2)n1. The number of nitrogens with zero attached hydrogens (tertiary/aromatic N) is 3. The molecule has 0 radical (unpaired) electrons. The first-order valence-corrected chi connectivity index (χ1v) is 6.15. The highest BCUT2D eigenvalue weighted by molar-refractivity contribution is 5.51. The third-order valence-electron chi connectivity index (χ3n) is 2.66. The van der Waals surface area contributed by atoms with Crippen LogP contribution in [0.15, 0.2) is 47.5 Å². The van der Waals surface area contributed by atoms with Crippen LogP contribution in [-0.2, 0) is 6.54 Å². The van der Waals surface area contributed by atoms with Gasteiger partial charge in [0.15, 0.2) is 5.82 Å². The Morgan fingerprint density at radius 1 is 1.32 bits per heavy atom. The van der Waals surface area contributed by atoms with Crippen molar-refractivity contribution in [2.75, 3.05) is 19.7 Å². The fourth-order valence-electron chi connectivity index (χ4n) is 1.78. The van der Waals surface area contributed by atoms with Crippen molar-refractivity contribution in [2.45, 2.75) is 6.54 Å². The summed E-state index contributed by atoms with van der Waals surface area (Å²) in [6, 6.07) is 9.64. The number of aliphatic hydroxyl groups is 1. The van der Waals surface area contributed by atoms with Crippen molar-refractivity contribution in [3.8, 4) is 11.5 Å². The fraction of sp³-hybridized carbons (Fsp3) is 0.286. The van der Waals surface area contributed by atoms with Crippen molar-refractivity contribution in [3.05, 3.63) is 48.8 Å². The molecule has 1 aromatic carbocycles. The van der Waals surface area contributed by atoms with Crippen LogP contribution < -0.4 is 0 Å². The molecule has 0 unspecified atom stereocenters. The van der Waals surface area contributed by atoms with Gasteiger partial charge in [0.05, 0.1) is 13.2 Å². The van der Waals surface area contributed by atoms with Crippen molar-refractivity contribution in [2.24, 2.45) is 0 Å². The highest BCUT2D eigenvalue weighted by Gasteiger charge is 2.11. The highest BCUT2D eigenvalue weighted by Crippen LogP contribution is 2.16. The molecule has 0 amide bonds. The Labute approximate surface area is 112 Å². The standard InChI is InChI=1S/C14H17N3O2/c1-2-8-17(9-10-18)11-13-15-14(19-16-13)12-6-4-3-5-7-12/h2-7,18H,1,8-11H2. The third-order valence-corrected chi connectivity index (χ3v) is 2.66. The molecule has 5 heteroatoms. The summed E-state index contributed by atoms with van der Waals surface area (Å²) in [5.41, 5.74) is 0.902. The van der Waals surface area contributed by atoms with Gasteiger partial charge in [0, 0.05) is 18.7 Å². The lowest BCUT2D eigenvalue weighted by Gasteiger charge is -2.16. The summed E-state index contributed by atoms with van der Waals surface area (Å²) < 4.78 is 5.23. The van der Waals surface area contributed by atoms with E-state index in [4.69, 9.17) is 9.63 Å². The zero-order valence-corrected chi connectivity index (χ0v) is 10.7. The molecule has 0 aliphatic heterocycles. The number of hydrogen-bond donors (Lipinski definition) is 1. The number of hydrogen-bond acceptors (Lipinski definition) is 5. The third kappa shape index (κ3) is 3.74. The topological polar surface area (TPSA) is 62.4 Å². The molecular weight excluding hydrogens is 242 g/mol. The summed E-state index contributed by atoms with van der Waals surface area (Å²) in [4.78, 5) is 6.34. The van der Waals surface area contributed by atoms with Gasteiger partial charge in [0.1, 0.15) is 0 Å². The molecule has 2 rings (SSSR count). The van der Waals surface area contributed by atoms with Crippen LogP contribution in [0.25, 0.3) is 11.5 Å². The molecule has 0 fully saturated rings. The summed E-state index contributed by atoms with van der Waals surface area (Å²) in [6.45, 7) is 5.55. The Morgan fingerprint density at radius 2 is 2.11 bits per heavy atom. The molecule has 1 aromatic heterocycles. The average Bonchev–Trinajstić information content (AvgIpc) is 2.89. The van der Waals surface area contributed by atoms with Gasteiger partial charge in [-0.25, -0.2) is 0 Å². The number of aromatic nitrogens is 2. The van der Waals surface area contributed by atoms with E-state index in [2.05, 4.69) is 16.7 Å². The monoisotopic (exact) mass is 259 g/mol. The Hall–Kier alpha value is -1.98. The number of benzene rings is 1. The first-order valence-electron chi connectivity index (χ1n) is 6.15. The molecule has 100 valence electrons. The lowest BCUT2D eigenvalue weighted by Crippen LogP contribution is -2.27. The maximum absolute atomic E-state index is 8.98. The summed E-state index contributed by atoms with van der Waals surface area (Å²) in [7, 11) is 0. The van der Waals surface area contributed by atoms with Crippen LogP contribution in [0.3, 0.4) is 0 Å². The van der Waals surface area contributed by atoms with Crippen molar-refractivity contribution >= 4 is 0 Å². The quantitative estimate of drug-likeness (QED) is 0.767. The van der Waals surface area contributed by atoms with E-state index >= 15 is 0 Å². The molecular formula is C14H17N3O2. The van der Waals surface area contributed by atoms with Gasteiger partial charge in [-0.3, -0.25) is 4.90 Å². The van der Waals surface area contributed by atoms with Crippen LogP contribution in [0.1, 0.15) is 5.82 Å². The van der Waals surface area contributed by atoms with Gasteiger partial charge < -0.3 is 9.63 Å². The smallest absolute Gasteiger partial charge is 0.257 e. The normalized spacial score (nSPS) is 10.8. The summed E-state index contributed by atoms with van der Waals surface area (Å²) in [5.74, 6) is 1.12. The molecule has 0 aliphatic carbocycles. The average molecular weight is 259 g/mol. The highest BCUT2D eigenvalue weighted by atomic mass is 16.5. The molecule has 0 saturated heterocycles. The molecule has 5 nitrogen and oxygen atoms in total. The predicted octanol–water partition coefficient (Wildman–Crippen LogP) is 1.72. The van der Waals surface area contributed by atoms with Crippen molar-refractivity contribution in [3.63, 3.8) is 0 Å². The van der Waals surface area contributed by atoms with Crippen LogP contribution >= 0.6 is 0 Å². The Kier molecular flexibility index (Phi) is 4.83. The van der Waals surface area contributed by atoms with E-state index in [-0.39, 0.29) is 6.61 Å². The van der Waals surface area contributed by atoms with E-state index in [0.29, 0.717) is 31.3 Å². The first-order chi connectivity index (χ1) is 9.33. The van der Waals surface area contributed by atoms with E-state index < -0.39 is 0 Å². The first kappa shape index (κ1) is 13.5. The van der Waals surface area contributed by atoms with Gasteiger partial charge in [-0.2, -0.15) is 4.98 Å². The Balaban J connectivity index is 2.06. The van der Waals surface area contributed by atoms with Crippen LogP contribution in [0.5, 0.6) is 0 Å². The zero-order chi connectivity index (χ0) is 13.5. The van der Waals surface area contributed by atoms with E-state index in [0.717, 1.165) is 5.56 Å². The molecule has 0 bridgehead atoms. The molecule has 0 atom stereocenters.